The summed E-state index contributed by atoms with van der Waals surface area (Å²) in [4.78, 5) is 40.3. The summed E-state index contributed by atoms with van der Waals surface area (Å²) in [6, 6.07) is 3.88. The molecule has 7 heteroatoms. The van der Waals surface area contributed by atoms with Crippen LogP contribution >= 0.6 is 0 Å². The van der Waals surface area contributed by atoms with Crippen molar-refractivity contribution in [2.45, 2.75) is 79.1 Å². The number of carbonyl (C=O) groups is 3. The fraction of sp³-hybridized carbons (Fsp3) is 0.542. The van der Waals surface area contributed by atoms with Gasteiger partial charge in [0.15, 0.2) is 0 Å². The summed E-state index contributed by atoms with van der Waals surface area (Å²) in [5.74, 6) is -0.690. The zero-order valence-corrected chi connectivity index (χ0v) is 20.0. The molecule has 0 aliphatic rings. The summed E-state index contributed by atoms with van der Waals surface area (Å²) in [5, 5.41) is 5.49. The highest BCUT2D eigenvalue weighted by Gasteiger charge is 2.35. The monoisotopic (exact) mass is 431 g/mol. The Labute approximate surface area is 186 Å². The molecule has 1 rings (SSSR count). The minimum absolute atomic E-state index is 0.0997. The van der Waals surface area contributed by atoms with Crippen molar-refractivity contribution in [3.8, 4) is 0 Å². The van der Waals surface area contributed by atoms with Gasteiger partial charge in [-0.3, -0.25) is 9.59 Å². The van der Waals surface area contributed by atoms with E-state index in [0.29, 0.717) is 0 Å². The van der Waals surface area contributed by atoms with Crippen LogP contribution in [0.1, 0.15) is 64.3 Å². The largest absolute Gasteiger partial charge is 0.444 e. The Morgan fingerprint density at radius 1 is 1.10 bits per heavy atom. The molecule has 0 spiro atoms. The third-order valence-electron chi connectivity index (χ3n) is 4.52. The molecule has 1 aromatic rings. The van der Waals surface area contributed by atoms with E-state index >= 15 is 0 Å². The van der Waals surface area contributed by atoms with E-state index < -0.39 is 29.7 Å². The molecule has 3 amide bonds. The van der Waals surface area contributed by atoms with Gasteiger partial charge in [0.05, 0.1) is 0 Å². The lowest BCUT2D eigenvalue weighted by Crippen LogP contribution is -2.52. The normalized spacial score (nSPS) is 13.2. The minimum Gasteiger partial charge on any atom is -0.444 e. The fourth-order valence-corrected chi connectivity index (χ4v) is 3.31. The number of carbonyl (C=O) groups excluding carboxylic acids is 3. The summed E-state index contributed by atoms with van der Waals surface area (Å²) in [7, 11) is 0. The lowest BCUT2D eigenvalue weighted by Gasteiger charge is -2.34. The van der Waals surface area contributed by atoms with E-state index in [1.54, 1.807) is 33.8 Å². The highest BCUT2D eigenvalue weighted by Crippen LogP contribution is 2.28. The molecule has 1 aromatic carbocycles. The first-order valence-corrected chi connectivity index (χ1v) is 10.6. The van der Waals surface area contributed by atoms with Crippen LogP contribution in [0.15, 0.2) is 30.9 Å². The Morgan fingerprint density at radius 3 is 2.10 bits per heavy atom. The maximum absolute atomic E-state index is 13.4. The van der Waals surface area contributed by atoms with E-state index in [0.717, 1.165) is 16.7 Å². The molecular formula is C24H37N3O4. The fourth-order valence-electron chi connectivity index (χ4n) is 3.31. The van der Waals surface area contributed by atoms with Gasteiger partial charge in [-0.25, -0.2) is 4.79 Å². The molecule has 2 atom stereocenters. The van der Waals surface area contributed by atoms with Gasteiger partial charge >= 0.3 is 6.09 Å². The number of nitrogens with one attached hydrogen (secondary N) is 2. The van der Waals surface area contributed by atoms with Crippen molar-refractivity contribution in [2.75, 3.05) is 6.54 Å². The molecule has 0 heterocycles. The van der Waals surface area contributed by atoms with Gasteiger partial charge in [0.2, 0.25) is 11.8 Å². The second-order valence-electron chi connectivity index (χ2n) is 9.02. The molecule has 0 saturated heterocycles. The van der Waals surface area contributed by atoms with E-state index in [-0.39, 0.29) is 18.5 Å². The van der Waals surface area contributed by atoms with Crippen molar-refractivity contribution >= 4 is 17.9 Å². The van der Waals surface area contributed by atoms with Gasteiger partial charge in [-0.15, -0.1) is 6.58 Å². The number of alkyl carbamates (subject to hydrolysis) is 1. The van der Waals surface area contributed by atoms with E-state index in [4.69, 9.17) is 4.74 Å². The number of hydrogen-bond acceptors (Lipinski definition) is 4. The summed E-state index contributed by atoms with van der Waals surface area (Å²) in [5.41, 5.74) is 1.88. The molecular weight excluding hydrogens is 394 g/mol. The number of ether oxygens (including phenoxy) is 1. The number of benzene rings is 1. The number of hydrogen-bond donors (Lipinski definition) is 2. The molecule has 0 aliphatic carbocycles. The molecule has 0 bridgehead atoms. The molecule has 2 unspecified atom stereocenters. The maximum Gasteiger partial charge on any atom is 0.408 e. The predicted molar refractivity (Wildman–Crippen MR) is 123 cm³/mol. The summed E-state index contributed by atoms with van der Waals surface area (Å²) in [6.45, 7) is 18.3. The van der Waals surface area contributed by atoms with Gasteiger partial charge in [0.25, 0.3) is 0 Å². The zero-order chi connectivity index (χ0) is 23.9. The maximum atomic E-state index is 13.4. The van der Waals surface area contributed by atoms with Gasteiger partial charge in [-0.1, -0.05) is 24.3 Å². The van der Waals surface area contributed by atoms with Crippen molar-refractivity contribution in [1.29, 1.82) is 0 Å². The second-order valence-corrected chi connectivity index (χ2v) is 9.02. The Bertz CT molecular complexity index is 791. The molecule has 0 aliphatic heterocycles. The van der Waals surface area contributed by atoms with Crippen LogP contribution in [0.5, 0.6) is 0 Å². The van der Waals surface area contributed by atoms with Crippen LogP contribution in [-0.2, 0) is 14.3 Å². The standard InChI is InChI=1S/C24H37N3O4/c1-10-14-27(22(29)18(6)26-23(30)31-24(7,8)9)20(21(28)25-15(2)3)19-16(4)12-11-13-17(19)5/h10-13,15,18,20H,1,14H2,2-9H3,(H,25,28)(H,26,30). The zero-order valence-electron chi connectivity index (χ0n) is 20.0. The topological polar surface area (TPSA) is 87.7 Å². The third-order valence-corrected chi connectivity index (χ3v) is 4.52. The average molecular weight is 432 g/mol. The van der Waals surface area contributed by atoms with Crippen molar-refractivity contribution in [3.05, 3.63) is 47.5 Å². The molecule has 0 fully saturated rings. The molecule has 2 N–H and O–H groups in total. The predicted octanol–water partition coefficient (Wildman–Crippen LogP) is 3.80. The lowest BCUT2D eigenvalue weighted by molar-refractivity contribution is -0.141. The van der Waals surface area contributed by atoms with E-state index in [2.05, 4.69) is 17.2 Å². The number of aryl methyl sites for hydroxylation is 2. The lowest BCUT2D eigenvalue weighted by atomic mass is 9.93. The smallest absolute Gasteiger partial charge is 0.408 e. The van der Waals surface area contributed by atoms with Crippen LogP contribution in [0.25, 0.3) is 0 Å². The molecule has 0 aromatic heterocycles. The second kappa shape index (κ2) is 11.0. The van der Waals surface area contributed by atoms with Gasteiger partial charge < -0.3 is 20.3 Å². The SMILES string of the molecule is C=CCN(C(=O)C(C)NC(=O)OC(C)(C)C)C(C(=O)NC(C)C)c1c(C)cccc1C. The highest BCUT2D eigenvalue weighted by atomic mass is 16.6. The number of amides is 3. The molecule has 172 valence electrons. The van der Waals surface area contributed by atoms with Crippen molar-refractivity contribution in [3.63, 3.8) is 0 Å². The Hall–Kier alpha value is -2.83. The van der Waals surface area contributed by atoms with Crippen molar-refractivity contribution in [2.24, 2.45) is 0 Å². The first-order valence-electron chi connectivity index (χ1n) is 10.6. The Morgan fingerprint density at radius 2 is 1.65 bits per heavy atom. The van der Waals surface area contributed by atoms with Crippen LogP contribution in [0.2, 0.25) is 0 Å². The Kier molecular flexibility index (Phi) is 9.28. The minimum atomic E-state index is -0.895. The summed E-state index contributed by atoms with van der Waals surface area (Å²) < 4.78 is 5.26. The third kappa shape index (κ3) is 7.74. The highest BCUT2D eigenvalue weighted by molar-refractivity contribution is 5.92. The van der Waals surface area contributed by atoms with E-state index in [1.807, 2.05) is 45.9 Å². The quantitative estimate of drug-likeness (QED) is 0.613. The van der Waals surface area contributed by atoms with Gasteiger partial charge in [-0.2, -0.15) is 0 Å². The number of nitrogens with zero attached hydrogens (tertiary/aromatic N) is 1. The van der Waals surface area contributed by atoms with Gasteiger partial charge in [0.1, 0.15) is 17.7 Å². The Balaban J connectivity index is 3.35. The van der Waals surface area contributed by atoms with Crippen LogP contribution < -0.4 is 10.6 Å². The first kappa shape index (κ1) is 26.2. The summed E-state index contributed by atoms with van der Waals surface area (Å²) >= 11 is 0. The molecule has 31 heavy (non-hydrogen) atoms. The molecule has 7 nitrogen and oxygen atoms in total. The average Bonchev–Trinajstić information content (AvgIpc) is 2.60. The van der Waals surface area contributed by atoms with Crippen molar-refractivity contribution in [1.82, 2.24) is 15.5 Å². The van der Waals surface area contributed by atoms with Crippen LogP contribution in [-0.4, -0.2) is 47.0 Å². The van der Waals surface area contributed by atoms with Crippen LogP contribution in [0.3, 0.4) is 0 Å². The molecule has 0 saturated carbocycles. The van der Waals surface area contributed by atoms with Crippen molar-refractivity contribution < 1.29 is 19.1 Å². The first-order chi connectivity index (χ1) is 14.3. The van der Waals surface area contributed by atoms with Gasteiger partial charge in [-0.05, 0) is 72.1 Å². The summed E-state index contributed by atoms with van der Waals surface area (Å²) in [6.07, 6.45) is 0.878. The molecule has 0 radical (unpaired) electrons. The number of rotatable bonds is 8. The van der Waals surface area contributed by atoms with Crippen LogP contribution in [0.4, 0.5) is 4.79 Å². The van der Waals surface area contributed by atoms with E-state index in [1.165, 1.54) is 4.90 Å². The van der Waals surface area contributed by atoms with E-state index in [9.17, 15) is 14.4 Å². The van der Waals surface area contributed by atoms with Crippen LogP contribution in [0, 0.1) is 13.8 Å². The van der Waals surface area contributed by atoms with Gasteiger partial charge in [0, 0.05) is 12.6 Å².